The Bertz CT molecular complexity index is 559. The summed E-state index contributed by atoms with van der Waals surface area (Å²) in [7, 11) is 3.23. The molecule has 0 aliphatic rings. The molecule has 0 saturated carbocycles. The number of methoxy groups -OCH3 is 2. The van der Waals surface area contributed by atoms with Gasteiger partial charge in [-0.3, -0.25) is 5.84 Å². The van der Waals surface area contributed by atoms with Crippen LogP contribution in [0.3, 0.4) is 0 Å². The summed E-state index contributed by atoms with van der Waals surface area (Å²) in [6.45, 7) is 0. The maximum absolute atomic E-state index is 6.02. The van der Waals surface area contributed by atoms with E-state index in [0.717, 1.165) is 16.2 Å². The standard InChI is InChI=1S/C13H15ClN2O2S/c1-17-9-6-12(19-7-9)13(16-15)8-3-4-10(14)11(5-8)18-2/h3-7,13,16H,15H2,1-2H3. The van der Waals surface area contributed by atoms with Crippen LogP contribution < -0.4 is 20.7 Å². The molecule has 2 rings (SSSR count). The maximum Gasteiger partial charge on any atom is 0.137 e. The van der Waals surface area contributed by atoms with Crippen LogP contribution in [-0.2, 0) is 0 Å². The van der Waals surface area contributed by atoms with Gasteiger partial charge < -0.3 is 9.47 Å². The zero-order valence-corrected chi connectivity index (χ0v) is 12.2. The predicted molar refractivity (Wildman–Crippen MR) is 78.0 cm³/mol. The third kappa shape index (κ3) is 3.01. The van der Waals surface area contributed by atoms with Gasteiger partial charge in [0.1, 0.15) is 11.5 Å². The molecule has 19 heavy (non-hydrogen) atoms. The Kier molecular flexibility index (Phi) is 4.66. The maximum atomic E-state index is 6.02. The largest absolute Gasteiger partial charge is 0.496 e. The molecule has 1 aromatic carbocycles. The summed E-state index contributed by atoms with van der Waals surface area (Å²) in [5, 5.41) is 2.51. The Morgan fingerprint density at radius 1 is 1.26 bits per heavy atom. The van der Waals surface area contributed by atoms with Crippen molar-refractivity contribution in [2.24, 2.45) is 5.84 Å². The highest BCUT2D eigenvalue weighted by atomic mass is 35.5. The number of nitrogens with one attached hydrogen (secondary N) is 1. The van der Waals surface area contributed by atoms with Gasteiger partial charge in [0.05, 0.1) is 25.3 Å². The molecule has 102 valence electrons. The van der Waals surface area contributed by atoms with Crippen molar-refractivity contribution < 1.29 is 9.47 Å². The van der Waals surface area contributed by atoms with Gasteiger partial charge in [0.15, 0.2) is 0 Å². The molecule has 0 aliphatic carbocycles. The first-order chi connectivity index (χ1) is 9.19. The van der Waals surface area contributed by atoms with Crippen LogP contribution in [0, 0.1) is 0 Å². The fraction of sp³-hybridized carbons (Fsp3) is 0.231. The molecule has 1 heterocycles. The summed E-state index contributed by atoms with van der Waals surface area (Å²) < 4.78 is 10.4. The number of ether oxygens (including phenoxy) is 2. The van der Waals surface area contributed by atoms with E-state index in [-0.39, 0.29) is 6.04 Å². The highest BCUT2D eigenvalue weighted by Gasteiger charge is 2.16. The van der Waals surface area contributed by atoms with E-state index in [4.69, 9.17) is 26.9 Å². The van der Waals surface area contributed by atoms with Crippen molar-refractivity contribution in [3.05, 3.63) is 45.1 Å². The van der Waals surface area contributed by atoms with E-state index in [1.54, 1.807) is 31.6 Å². The smallest absolute Gasteiger partial charge is 0.137 e. The van der Waals surface area contributed by atoms with E-state index in [1.165, 1.54) is 0 Å². The number of hydrazine groups is 1. The third-order valence-corrected chi connectivity index (χ3v) is 4.08. The summed E-state index contributed by atoms with van der Waals surface area (Å²) in [6, 6.07) is 7.42. The number of benzene rings is 1. The van der Waals surface area contributed by atoms with Crippen LogP contribution >= 0.6 is 22.9 Å². The highest BCUT2D eigenvalue weighted by Crippen LogP contribution is 2.34. The van der Waals surface area contributed by atoms with Gasteiger partial charge in [0, 0.05) is 10.3 Å². The van der Waals surface area contributed by atoms with Gasteiger partial charge in [-0.2, -0.15) is 0 Å². The lowest BCUT2D eigenvalue weighted by atomic mass is 10.1. The van der Waals surface area contributed by atoms with E-state index < -0.39 is 0 Å². The van der Waals surface area contributed by atoms with Crippen molar-refractivity contribution in [2.45, 2.75) is 6.04 Å². The lowest BCUT2D eigenvalue weighted by molar-refractivity contribution is 0.413. The summed E-state index contributed by atoms with van der Waals surface area (Å²) >= 11 is 7.60. The second-order valence-corrected chi connectivity index (χ2v) is 5.23. The molecule has 0 bridgehead atoms. The molecule has 0 saturated heterocycles. The van der Waals surface area contributed by atoms with Gasteiger partial charge >= 0.3 is 0 Å². The molecule has 6 heteroatoms. The minimum Gasteiger partial charge on any atom is -0.496 e. The zero-order valence-electron chi connectivity index (χ0n) is 10.6. The molecule has 2 aromatic rings. The van der Waals surface area contributed by atoms with Gasteiger partial charge in [-0.25, -0.2) is 5.43 Å². The van der Waals surface area contributed by atoms with Crippen molar-refractivity contribution in [3.63, 3.8) is 0 Å². The molecule has 0 amide bonds. The zero-order chi connectivity index (χ0) is 13.8. The molecule has 0 aliphatic heterocycles. The Morgan fingerprint density at radius 2 is 2.05 bits per heavy atom. The summed E-state index contributed by atoms with van der Waals surface area (Å²) in [5.74, 6) is 7.11. The Labute approximate surface area is 121 Å². The van der Waals surface area contributed by atoms with Crippen molar-refractivity contribution in [3.8, 4) is 11.5 Å². The van der Waals surface area contributed by atoms with Crippen LogP contribution in [0.5, 0.6) is 11.5 Å². The average molecular weight is 299 g/mol. The number of hydrogen-bond acceptors (Lipinski definition) is 5. The fourth-order valence-corrected chi connectivity index (χ4v) is 2.93. The highest BCUT2D eigenvalue weighted by molar-refractivity contribution is 7.10. The second-order valence-electron chi connectivity index (χ2n) is 3.88. The van der Waals surface area contributed by atoms with Gasteiger partial charge in [0.25, 0.3) is 0 Å². The van der Waals surface area contributed by atoms with E-state index >= 15 is 0 Å². The van der Waals surface area contributed by atoms with Crippen LogP contribution in [0.25, 0.3) is 0 Å². The molecule has 3 N–H and O–H groups in total. The molecule has 0 fully saturated rings. The first-order valence-corrected chi connectivity index (χ1v) is 6.87. The molecule has 4 nitrogen and oxygen atoms in total. The number of hydrogen-bond donors (Lipinski definition) is 2. The molecule has 0 radical (unpaired) electrons. The SMILES string of the molecule is COc1csc(C(NN)c2ccc(Cl)c(OC)c2)c1. The Balaban J connectivity index is 2.36. The van der Waals surface area contributed by atoms with Crippen LogP contribution in [0.1, 0.15) is 16.5 Å². The van der Waals surface area contributed by atoms with Gasteiger partial charge in [-0.1, -0.05) is 17.7 Å². The van der Waals surface area contributed by atoms with Crippen molar-refractivity contribution in [1.82, 2.24) is 5.43 Å². The lowest BCUT2D eigenvalue weighted by Crippen LogP contribution is -2.28. The number of thiophene rings is 1. The first kappa shape index (κ1) is 14.1. The molecule has 1 unspecified atom stereocenters. The first-order valence-electron chi connectivity index (χ1n) is 5.61. The minimum absolute atomic E-state index is 0.125. The van der Waals surface area contributed by atoms with Crippen molar-refractivity contribution in [2.75, 3.05) is 14.2 Å². The second kappa shape index (κ2) is 6.25. The molecule has 1 atom stereocenters. The summed E-state index contributed by atoms with van der Waals surface area (Å²) in [4.78, 5) is 1.06. The Morgan fingerprint density at radius 3 is 2.63 bits per heavy atom. The van der Waals surface area contributed by atoms with E-state index in [2.05, 4.69) is 5.43 Å². The number of nitrogens with two attached hydrogens (primary N) is 1. The molecule has 0 spiro atoms. The van der Waals surface area contributed by atoms with Crippen LogP contribution in [0.2, 0.25) is 5.02 Å². The Hall–Kier alpha value is -1.27. The van der Waals surface area contributed by atoms with Crippen LogP contribution in [-0.4, -0.2) is 14.2 Å². The van der Waals surface area contributed by atoms with Crippen molar-refractivity contribution >= 4 is 22.9 Å². The summed E-state index contributed by atoms with van der Waals surface area (Å²) in [6.07, 6.45) is 0. The average Bonchev–Trinajstić information content (AvgIpc) is 2.90. The normalized spacial score (nSPS) is 12.2. The van der Waals surface area contributed by atoms with Gasteiger partial charge in [-0.15, -0.1) is 11.3 Å². The monoisotopic (exact) mass is 298 g/mol. The summed E-state index contributed by atoms with van der Waals surface area (Å²) in [5.41, 5.74) is 3.78. The quantitative estimate of drug-likeness (QED) is 0.658. The predicted octanol–water partition coefficient (Wildman–Crippen LogP) is 2.97. The topological polar surface area (TPSA) is 56.5 Å². The van der Waals surface area contributed by atoms with E-state index in [0.29, 0.717) is 10.8 Å². The van der Waals surface area contributed by atoms with Gasteiger partial charge in [0.2, 0.25) is 0 Å². The van der Waals surface area contributed by atoms with Crippen molar-refractivity contribution in [1.29, 1.82) is 0 Å². The fourth-order valence-electron chi connectivity index (χ4n) is 1.79. The van der Waals surface area contributed by atoms with Crippen LogP contribution in [0.4, 0.5) is 0 Å². The minimum atomic E-state index is -0.125. The molecular formula is C13H15ClN2O2S. The van der Waals surface area contributed by atoms with Gasteiger partial charge in [-0.05, 0) is 23.8 Å². The molecular weight excluding hydrogens is 284 g/mol. The van der Waals surface area contributed by atoms with Crippen LogP contribution in [0.15, 0.2) is 29.6 Å². The van der Waals surface area contributed by atoms with E-state index in [9.17, 15) is 0 Å². The molecule has 1 aromatic heterocycles. The lowest BCUT2D eigenvalue weighted by Gasteiger charge is -2.16. The van der Waals surface area contributed by atoms with E-state index in [1.807, 2.05) is 23.6 Å². The third-order valence-electron chi connectivity index (χ3n) is 2.79. The number of halogens is 1. The number of rotatable bonds is 5.